The fraction of sp³-hybridized carbons (Fsp3) is 0.0476. The molecule has 154 valence electrons. The van der Waals surface area contributed by atoms with E-state index in [1.165, 1.54) is 18.3 Å². The summed E-state index contributed by atoms with van der Waals surface area (Å²) in [6.45, 7) is -0.444. The molecule has 0 spiro atoms. The summed E-state index contributed by atoms with van der Waals surface area (Å²) in [6.07, 6.45) is 1.39. The summed E-state index contributed by atoms with van der Waals surface area (Å²) in [5, 5.41) is 4.63. The molecule has 0 unspecified atom stereocenters. The van der Waals surface area contributed by atoms with Gasteiger partial charge in [0.05, 0.1) is 26.8 Å². The first-order chi connectivity index (χ1) is 14.4. The van der Waals surface area contributed by atoms with E-state index in [1.807, 2.05) is 0 Å². The average Bonchev–Trinajstić information content (AvgIpc) is 2.75. The summed E-state index contributed by atoms with van der Waals surface area (Å²) < 4.78 is 27.3. The van der Waals surface area contributed by atoms with Gasteiger partial charge in [0, 0.05) is 0 Å². The van der Waals surface area contributed by atoms with E-state index in [9.17, 15) is 13.2 Å². The molecule has 3 aromatic rings. The van der Waals surface area contributed by atoms with Crippen molar-refractivity contribution in [1.29, 1.82) is 0 Å². The first kappa shape index (κ1) is 21.8. The van der Waals surface area contributed by atoms with Gasteiger partial charge in [-0.15, -0.1) is 0 Å². The van der Waals surface area contributed by atoms with Gasteiger partial charge in [-0.3, -0.25) is 9.10 Å². The third kappa shape index (κ3) is 5.38. The van der Waals surface area contributed by atoms with Crippen LogP contribution in [0.4, 0.5) is 5.69 Å². The number of benzene rings is 3. The number of sulfonamides is 1. The molecule has 0 aromatic heterocycles. The summed E-state index contributed by atoms with van der Waals surface area (Å²) in [6, 6.07) is 21.2. The molecule has 0 saturated carbocycles. The lowest BCUT2D eigenvalue weighted by Gasteiger charge is -2.23. The maximum absolute atomic E-state index is 13.1. The molecule has 0 aliphatic heterocycles. The molecule has 1 N–H and O–H groups in total. The Morgan fingerprint density at radius 3 is 2.20 bits per heavy atom. The van der Waals surface area contributed by atoms with Gasteiger partial charge in [0.25, 0.3) is 15.9 Å². The number of halogens is 2. The first-order valence-corrected chi connectivity index (χ1v) is 11.0. The molecule has 0 saturated heterocycles. The van der Waals surface area contributed by atoms with Crippen molar-refractivity contribution in [2.24, 2.45) is 5.10 Å². The lowest BCUT2D eigenvalue weighted by atomic mass is 10.2. The normalized spacial score (nSPS) is 11.4. The molecule has 1 amide bonds. The SMILES string of the molecule is O=C(CN(c1ccccc1)S(=O)(=O)c1ccccc1)N/N=C\c1ccc(Cl)c(Cl)c1. The number of nitrogens with one attached hydrogen (secondary N) is 1. The zero-order valence-corrected chi connectivity index (χ0v) is 17.9. The summed E-state index contributed by atoms with van der Waals surface area (Å²) in [7, 11) is -3.95. The zero-order valence-electron chi connectivity index (χ0n) is 15.6. The van der Waals surface area contributed by atoms with Crippen LogP contribution in [0.2, 0.25) is 10.0 Å². The maximum atomic E-state index is 13.1. The standard InChI is InChI=1S/C21H17Cl2N3O3S/c22-19-12-11-16(13-20(19)23)14-24-25-21(27)15-26(17-7-3-1-4-8-17)30(28,29)18-9-5-2-6-10-18/h1-14H,15H2,(H,25,27)/b24-14-. The molecule has 6 nitrogen and oxygen atoms in total. The lowest BCUT2D eigenvalue weighted by molar-refractivity contribution is -0.119. The van der Waals surface area contributed by atoms with Crippen LogP contribution in [-0.4, -0.2) is 27.1 Å². The molecule has 0 heterocycles. The minimum Gasteiger partial charge on any atom is -0.271 e. The van der Waals surface area contributed by atoms with Crippen LogP contribution in [0.3, 0.4) is 0 Å². The van der Waals surface area contributed by atoms with E-state index in [1.54, 1.807) is 66.7 Å². The summed E-state index contributed by atoms with van der Waals surface area (Å²) in [4.78, 5) is 12.5. The minimum absolute atomic E-state index is 0.0842. The Bertz CT molecular complexity index is 1150. The van der Waals surface area contributed by atoms with Crippen molar-refractivity contribution >= 4 is 51.0 Å². The number of anilines is 1. The van der Waals surface area contributed by atoms with Crippen LogP contribution in [0, 0.1) is 0 Å². The quantitative estimate of drug-likeness (QED) is 0.419. The fourth-order valence-electron chi connectivity index (χ4n) is 2.57. The fourth-order valence-corrected chi connectivity index (χ4v) is 4.31. The van der Waals surface area contributed by atoms with Crippen molar-refractivity contribution in [3.8, 4) is 0 Å². The predicted octanol–water partition coefficient (Wildman–Crippen LogP) is 4.34. The molecule has 3 rings (SSSR count). The number of hydrogen-bond acceptors (Lipinski definition) is 4. The molecular weight excluding hydrogens is 445 g/mol. The van der Waals surface area contributed by atoms with Gasteiger partial charge in [0.2, 0.25) is 0 Å². The van der Waals surface area contributed by atoms with Crippen molar-refractivity contribution in [3.63, 3.8) is 0 Å². The van der Waals surface area contributed by atoms with Crippen LogP contribution in [0.1, 0.15) is 5.56 Å². The van der Waals surface area contributed by atoms with Crippen molar-refractivity contribution < 1.29 is 13.2 Å². The van der Waals surface area contributed by atoms with E-state index in [-0.39, 0.29) is 4.90 Å². The summed E-state index contributed by atoms with van der Waals surface area (Å²) in [5.41, 5.74) is 3.33. The highest BCUT2D eigenvalue weighted by Crippen LogP contribution is 2.23. The second-order valence-corrected chi connectivity index (χ2v) is 8.80. The largest absolute Gasteiger partial charge is 0.271 e. The maximum Gasteiger partial charge on any atom is 0.264 e. The molecular formula is C21H17Cl2N3O3S. The number of rotatable bonds is 7. The van der Waals surface area contributed by atoms with Gasteiger partial charge in [0.1, 0.15) is 6.54 Å². The highest BCUT2D eigenvalue weighted by atomic mass is 35.5. The van der Waals surface area contributed by atoms with Gasteiger partial charge in [-0.1, -0.05) is 65.7 Å². The van der Waals surface area contributed by atoms with Crippen molar-refractivity contribution in [1.82, 2.24) is 5.43 Å². The molecule has 0 aliphatic carbocycles. The molecule has 0 radical (unpaired) electrons. The average molecular weight is 462 g/mol. The van der Waals surface area contributed by atoms with Gasteiger partial charge in [-0.2, -0.15) is 5.10 Å². The molecule has 0 atom stereocenters. The third-order valence-electron chi connectivity index (χ3n) is 4.01. The van der Waals surface area contributed by atoms with Gasteiger partial charge < -0.3 is 0 Å². The molecule has 30 heavy (non-hydrogen) atoms. The second-order valence-electron chi connectivity index (χ2n) is 6.13. The highest BCUT2D eigenvalue weighted by molar-refractivity contribution is 7.92. The van der Waals surface area contributed by atoms with Gasteiger partial charge in [-0.05, 0) is 42.0 Å². The molecule has 3 aromatic carbocycles. The van der Waals surface area contributed by atoms with Crippen LogP contribution in [-0.2, 0) is 14.8 Å². The van der Waals surface area contributed by atoms with Crippen molar-refractivity contribution in [3.05, 3.63) is 94.5 Å². The Morgan fingerprint density at radius 1 is 0.933 bits per heavy atom. The number of hydrazone groups is 1. The Balaban J connectivity index is 1.79. The molecule has 0 aliphatic rings. The van der Waals surface area contributed by atoms with E-state index in [4.69, 9.17) is 23.2 Å². The van der Waals surface area contributed by atoms with Gasteiger partial charge in [0.15, 0.2) is 0 Å². The molecule has 0 fully saturated rings. The van der Waals surface area contributed by atoms with E-state index < -0.39 is 22.5 Å². The molecule has 0 bridgehead atoms. The topological polar surface area (TPSA) is 78.8 Å². The van der Waals surface area contributed by atoms with Crippen LogP contribution in [0.15, 0.2) is 88.9 Å². The Labute approximate surface area is 184 Å². The van der Waals surface area contributed by atoms with Crippen LogP contribution < -0.4 is 9.73 Å². The summed E-state index contributed by atoms with van der Waals surface area (Å²) in [5.74, 6) is -0.602. The zero-order chi connectivity index (χ0) is 21.6. The smallest absolute Gasteiger partial charge is 0.264 e. The number of carbonyl (C=O) groups excluding carboxylic acids is 1. The Morgan fingerprint density at radius 2 is 1.57 bits per heavy atom. The van der Waals surface area contributed by atoms with Crippen molar-refractivity contribution in [2.75, 3.05) is 10.8 Å². The summed E-state index contributed by atoms with van der Waals surface area (Å²) >= 11 is 11.8. The van der Waals surface area contributed by atoms with Crippen molar-refractivity contribution in [2.45, 2.75) is 4.90 Å². The van der Waals surface area contributed by atoms with E-state index in [0.717, 1.165) is 4.31 Å². The van der Waals surface area contributed by atoms with Gasteiger partial charge >= 0.3 is 0 Å². The van der Waals surface area contributed by atoms with Crippen LogP contribution >= 0.6 is 23.2 Å². The number of carbonyl (C=O) groups is 1. The van der Waals surface area contributed by atoms with Gasteiger partial charge in [-0.25, -0.2) is 13.8 Å². The highest BCUT2D eigenvalue weighted by Gasteiger charge is 2.26. The van der Waals surface area contributed by atoms with E-state index in [0.29, 0.717) is 21.3 Å². The Kier molecular flexibility index (Phi) is 7.10. The first-order valence-electron chi connectivity index (χ1n) is 8.78. The number of hydrogen-bond donors (Lipinski definition) is 1. The number of nitrogens with zero attached hydrogens (tertiary/aromatic N) is 2. The predicted molar refractivity (Wildman–Crippen MR) is 120 cm³/mol. The van der Waals surface area contributed by atoms with Crippen LogP contribution in [0.5, 0.6) is 0 Å². The van der Waals surface area contributed by atoms with Crippen LogP contribution in [0.25, 0.3) is 0 Å². The minimum atomic E-state index is -3.95. The van der Waals surface area contributed by atoms with E-state index >= 15 is 0 Å². The number of para-hydroxylation sites is 1. The third-order valence-corrected chi connectivity index (χ3v) is 6.54. The monoisotopic (exact) mass is 461 g/mol. The van der Waals surface area contributed by atoms with E-state index in [2.05, 4.69) is 10.5 Å². The Hall–Kier alpha value is -2.87. The lowest BCUT2D eigenvalue weighted by Crippen LogP contribution is -2.39. The molecule has 9 heteroatoms. The number of amides is 1. The second kappa shape index (κ2) is 9.75.